The Labute approximate surface area is 125 Å². The van der Waals surface area contributed by atoms with Gasteiger partial charge < -0.3 is 10.6 Å². The van der Waals surface area contributed by atoms with Crippen molar-refractivity contribution in [3.05, 3.63) is 53.9 Å². The minimum absolute atomic E-state index is 0.190. The fraction of sp³-hybridized carbons (Fsp3) is 0.294. The van der Waals surface area contributed by atoms with Gasteiger partial charge in [0, 0.05) is 12.2 Å². The summed E-state index contributed by atoms with van der Waals surface area (Å²) in [5.41, 5.74) is 3.20. The minimum atomic E-state index is -0.190. The zero-order chi connectivity index (χ0) is 15.1. The number of carbonyl (C=O) groups excluding carboxylic acids is 1. The Morgan fingerprint density at radius 1 is 1.19 bits per heavy atom. The molecule has 1 aromatic heterocycles. The van der Waals surface area contributed by atoms with E-state index < -0.39 is 0 Å². The highest BCUT2D eigenvalue weighted by Gasteiger charge is 2.08. The highest BCUT2D eigenvalue weighted by Crippen LogP contribution is 2.14. The number of carbonyl (C=O) groups is 1. The van der Waals surface area contributed by atoms with Gasteiger partial charge in [0.15, 0.2) is 0 Å². The Hall–Kier alpha value is -2.36. The van der Waals surface area contributed by atoms with Crippen LogP contribution >= 0.6 is 0 Å². The van der Waals surface area contributed by atoms with Crippen molar-refractivity contribution in [2.75, 3.05) is 17.2 Å². The fourth-order valence-electron chi connectivity index (χ4n) is 1.94. The maximum Gasteiger partial charge on any atom is 0.274 e. The minimum Gasteiger partial charge on any atom is -0.384 e. The van der Waals surface area contributed by atoms with Crippen LogP contribution in [0.25, 0.3) is 0 Å². The zero-order valence-electron chi connectivity index (χ0n) is 12.5. The van der Waals surface area contributed by atoms with E-state index in [0.29, 0.717) is 5.69 Å². The summed E-state index contributed by atoms with van der Waals surface area (Å²) in [6.45, 7) is 5.04. The lowest BCUT2D eigenvalue weighted by atomic mass is 10.2. The topological polar surface area (TPSA) is 54.0 Å². The first kappa shape index (κ1) is 15.0. The summed E-state index contributed by atoms with van der Waals surface area (Å²) >= 11 is 0. The molecule has 0 aliphatic heterocycles. The van der Waals surface area contributed by atoms with E-state index in [4.69, 9.17) is 0 Å². The van der Waals surface area contributed by atoms with Crippen LogP contribution in [0.3, 0.4) is 0 Å². The molecule has 0 bridgehead atoms. The van der Waals surface area contributed by atoms with Gasteiger partial charge >= 0.3 is 0 Å². The fourth-order valence-corrected chi connectivity index (χ4v) is 1.94. The van der Waals surface area contributed by atoms with Crippen LogP contribution in [0.2, 0.25) is 0 Å². The number of amides is 1. The van der Waals surface area contributed by atoms with Crippen LogP contribution in [0.4, 0.5) is 11.4 Å². The SMILES string of the molecule is CCCCNc1ccc(C(=O)Nc2ccccc2C)nc1. The molecule has 1 amide bonds. The average molecular weight is 283 g/mol. The normalized spacial score (nSPS) is 10.2. The van der Waals surface area contributed by atoms with Crippen LogP contribution in [0.5, 0.6) is 0 Å². The number of nitrogens with zero attached hydrogens (tertiary/aromatic N) is 1. The summed E-state index contributed by atoms with van der Waals surface area (Å²) in [5, 5.41) is 6.15. The Kier molecular flexibility index (Phi) is 5.32. The maximum atomic E-state index is 12.1. The van der Waals surface area contributed by atoms with Crippen LogP contribution in [0, 0.1) is 6.92 Å². The predicted molar refractivity (Wildman–Crippen MR) is 86.8 cm³/mol. The van der Waals surface area contributed by atoms with Crippen LogP contribution in [0.15, 0.2) is 42.6 Å². The van der Waals surface area contributed by atoms with E-state index in [0.717, 1.165) is 36.3 Å². The number of nitrogens with one attached hydrogen (secondary N) is 2. The van der Waals surface area contributed by atoms with Crippen molar-refractivity contribution in [3.8, 4) is 0 Å². The number of hydrogen-bond donors (Lipinski definition) is 2. The standard InChI is InChI=1S/C17H21N3O/c1-3-4-11-18-14-9-10-16(19-12-14)17(21)20-15-8-6-5-7-13(15)2/h5-10,12,18H,3-4,11H2,1-2H3,(H,20,21). The van der Waals surface area contributed by atoms with Gasteiger partial charge in [0.1, 0.15) is 5.69 Å². The monoisotopic (exact) mass is 283 g/mol. The lowest BCUT2D eigenvalue weighted by Gasteiger charge is -2.08. The summed E-state index contributed by atoms with van der Waals surface area (Å²) in [6, 6.07) is 11.3. The number of anilines is 2. The van der Waals surface area contributed by atoms with Crippen molar-refractivity contribution in [2.45, 2.75) is 26.7 Å². The predicted octanol–water partition coefficient (Wildman–Crippen LogP) is 3.85. The summed E-state index contributed by atoms with van der Waals surface area (Å²) < 4.78 is 0. The lowest BCUT2D eigenvalue weighted by Crippen LogP contribution is -2.14. The second-order valence-electron chi connectivity index (χ2n) is 4.98. The molecule has 0 saturated carbocycles. The number of para-hydroxylation sites is 1. The third-order valence-corrected chi connectivity index (χ3v) is 3.25. The van der Waals surface area contributed by atoms with E-state index >= 15 is 0 Å². The molecule has 2 rings (SSSR count). The molecule has 0 fully saturated rings. The smallest absolute Gasteiger partial charge is 0.274 e. The molecule has 2 N–H and O–H groups in total. The van der Waals surface area contributed by atoms with Crippen molar-refractivity contribution in [1.29, 1.82) is 0 Å². The van der Waals surface area contributed by atoms with E-state index in [1.54, 1.807) is 12.3 Å². The number of benzene rings is 1. The lowest BCUT2D eigenvalue weighted by molar-refractivity contribution is 0.102. The molecule has 0 spiro atoms. The molecule has 1 heterocycles. The molecule has 0 atom stereocenters. The van der Waals surface area contributed by atoms with Gasteiger partial charge in [-0.2, -0.15) is 0 Å². The van der Waals surface area contributed by atoms with Crippen molar-refractivity contribution in [3.63, 3.8) is 0 Å². The number of pyridine rings is 1. The Morgan fingerprint density at radius 3 is 2.67 bits per heavy atom. The molecular weight excluding hydrogens is 262 g/mol. The van der Waals surface area contributed by atoms with Crippen molar-refractivity contribution >= 4 is 17.3 Å². The van der Waals surface area contributed by atoms with Gasteiger partial charge in [-0.3, -0.25) is 4.79 Å². The molecule has 21 heavy (non-hydrogen) atoms. The largest absolute Gasteiger partial charge is 0.384 e. The maximum absolute atomic E-state index is 12.1. The average Bonchev–Trinajstić information content (AvgIpc) is 2.50. The van der Waals surface area contributed by atoms with Crippen LogP contribution in [-0.2, 0) is 0 Å². The molecule has 2 aromatic rings. The van der Waals surface area contributed by atoms with Crippen molar-refractivity contribution in [1.82, 2.24) is 4.98 Å². The van der Waals surface area contributed by atoms with E-state index in [1.807, 2.05) is 37.3 Å². The summed E-state index contributed by atoms with van der Waals surface area (Å²) in [5.74, 6) is -0.190. The molecule has 110 valence electrons. The number of unbranched alkanes of at least 4 members (excludes halogenated alkanes) is 1. The van der Waals surface area contributed by atoms with Gasteiger partial charge in [-0.1, -0.05) is 31.5 Å². The van der Waals surface area contributed by atoms with Gasteiger partial charge in [0.05, 0.1) is 11.9 Å². The first-order valence-corrected chi connectivity index (χ1v) is 7.27. The van der Waals surface area contributed by atoms with Crippen molar-refractivity contribution in [2.24, 2.45) is 0 Å². The number of rotatable bonds is 6. The van der Waals surface area contributed by atoms with Gasteiger partial charge in [0.2, 0.25) is 0 Å². The van der Waals surface area contributed by atoms with E-state index in [-0.39, 0.29) is 5.91 Å². The molecule has 0 unspecified atom stereocenters. The third-order valence-electron chi connectivity index (χ3n) is 3.25. The molecule has 0 aliphatic carbocycles. The molecule has 1 aromatic carbocycles. The highest BCUT2D eigenvalue weighted by atomic mass is 16.1. The van der Waals surface area contributed by atoms with E-state index in [2.05, 4.69) is 22.5 Å². The summed E-state index contributed by atoms with van der Waals surface area (Å²) in [6.07, 6.45) is 3.97. The molecule has 4 heteroatoms. The van der Waals surface area contributed by atoms with Crippen molar-refractivity contribution < 1.29 is 4.79 Å². The highest BCUT2D eigenvalue weighted by molar-refractivity contribution is 6.03. The molecule has 4 nitrogen and oxygen atoms in total. The molecule has 0 radical (unpaired) electrons. The third kappa shape index (κ3) is 4.31. The van der Waals surface area contributed by atoms with E-state index in [9.17, 15) is 4.79 Å². The number of aryl methyl sites for hydroxylation is 1. The first-order chi connectivity index (χ1) is 10.2. The van der Waals surface area contributed by atoms with Crippen LogP contribution in [-0.4, -0.2) is 17.4 Å². The zero-order valence-corrected chi connectivity index (χ0v) is 12.5. The second-order valence-corrected chi connectivity index (χ2v) is 4.98. The Morgan fingerprint density at radius 2 is 2.00 bits per heavy atom. The van der Waals surface area contributed by atoms with E-state index in [1.165, 1.54) is 0 Å². The number of hydrogen-bond acceptors (Lipinski definition) is 3. The number of aromatic nitrogens is 1. The Balaban J connectivity index is 1.98. The molecule has 0 saturated heterocycles. The Bertz CT molecular complexity index is 593. The van der Waals surface area contributed by atoms with Gasteiger partial charge in [-0.25, -0.2) is 4.98 Å². The van der Waals surface area contributed by atoms with Gasteiger partial charge in [0.25, 0.3) is 5.91 Å². The second kappa shape index (κ2) is 7.43. The molecule has 0 aliphatic rings. The van der Waals surface area contributed by atoms with Crippen LogP contribution in [0.1, 0.15) is 35.8 Å². The molecular formula is C17H21N3O. The van der Waals surface area contributed by atoms with Gasteiger partial charge in [-0.05, 0) is 37.1 Å². The van der Waals surface area contributed by atoms with Crippen LogP contribution < -0.4 is 10.6 Å². The summed E-state index contributed by atoms with van der Waals surface area (Å²) in [7, 11) is 0. The first-order valence-electron chi connectivity index (χ1n) is 7.27. The summed E-state index contributed by atoms with van der Waals surface area (Å²) in [4.78, 5) is 16.4. The van der Waals surface area contributed by atoms with Gasteiger partial charge in [-0.15, -0.1) is 0 Å². The quantitative estimate of drug-likeness (QED) is 0.792.